The Morgan fingerprint density at radius 3 is 2.33 bits per heavy atom. The largest absolute Gasteiger partial charge is 0.493 e. The van der Waals surface area contributed by atoms with Crippen LogP contribution in [-0.2, 0) is 13.2 Å². The van der Waals surface area contributed by atoms with Gasteiger partial charge >= 0.3 is 5.91 Å². The van der Waals surface area contributed by atoms with Crippen molar-refractivity contribution in [2.45, 2.75) is 34.0 Å². The van der Waals surface area contributed by atoms with Gasteiger partial charge in [-0.2, -0.15) is 5.10 Å². The molecular formula is C34H32BrN3O5. The Morgan fingerprint density at radius 2 is 1.63 bits per heavy atom. The molecule has 220 valence electrons. The molecule has 0 saturated carbocycles. The summed E-state index contributed by atoms with van der Waals surface area (Å²) in [5.41, 5.74) is 8.84. The number of hydrogen-bond donors (Lipinski definition) is 1. The van der Waals surface area contributed by atoms with Crippen molar-refractivity contribution in [3.63, 3.8) is 0 Å². The van der Waals surface area contributed by atoms with Gasteiger partial charge < -0.3 is 23.2 Å². The molecule has 1 N–H and O–H groups in total. The molecule has 0 aliphatic heterocycles. The number of carbonyl (C=O) groups is 1. The van der Waals surface area contributed by atoms with Crippen molar-refractivity contribution in [1.82, 2.24) is 9.99 Å². The number of hydrazone groups is 1. The molecule has 0 atom stereocenters. The molecule has 8 nitrogen and oxygen atoms in total. The van der Waals surface area contributed by atoms with E-state index < -0.39 is 5.91 Å². The number of furan rings is 1. The van der Waals surface area contributed by atoms with Gasteiger partial charge in [0.2, 0.25) is 0 Å². The zero-order valence-corrected chi connectivity index (χ0v) is 26.0. The minimum atomic E-state index is -0.478. The van der Waals surface area contributed by atoms with Gasteiger partial charge in [-0.05, 0) is 108 Å². The van der Waals surface area contributed by atoms with Crippen LogP contribution in [0.1, 0.15) is 44.4 Å². The molecule has 5 rings (SSSR count). The summed E-state index contributed by atoms with van der Waals surface area (Å²) in [5, 5.41) is 4.08. The van der Waals surface area contributed by atoms with E-state index in [1.807, 2.05) is 61.5 Å². The third-order valence-electron chi connectivity index (χ3n) is 6.77. The van der Waals surface area contributed by atoms with E-state index in [-0.39, 0.29) is 12.4 Å². The number of rotatable bonds is 11. The second kappa shape index (κ2) is 13.5. The first-order chi connectivity index (χ1) is 20.8. The second-order valence-electron chi connectivity index (χ2n) is 10.0. The Labute approximate surface area is 259 Å². The fourth-order valence-corrected chi connectivity index (χ4v) is 5.09. The molecule has 0 aliphatic carbocycles. The molecule has 2 aromatic heterocycles. The SMILES string of the molecule is COc1cc(/C=N/NC(=O)c2ccc(COc3ccc(-n4c(C)ccc4C)cc3)o2)cc(Br)c1OCc1ccc(C)cc1. The van der Waals surface area contributed by atoms with E-state index in [0.29, 0.717) is 39.7 Å². The topological polar surface area (TPSA) is 87.2 Å². The lowest BCUT2D eigenvalue weighted by Gasteiger charge is -2.13. The summed E-state index contributed by atoms with van der Waals surface area (Å²) >= 11 is 3.55. The number of benzene rings is 3. The lowest BCUT2D eigenvalue weighted by atomic mass is 10.2. The average Bonchev–Trinajstić information content (AvgIpc) is 3.62. The molecule has 5 aromatic rings. The smallest absolute Gasteiger partial charge is 0.307 e. The maximum absolute atomic E-state index is 12.6. The van der Waals surface area contributed by atoms with Gasteiger partial charge in [0.25, 0.3) is 0 Å². The van der Waals surface area contributed by atoms with Crippen LogP contribution in [0, 0.1) is 20.8 Å². The lowest BCUT2D eigenvalue weighted by molar-refractivity contribution is 0.0923. The van der Waals surface area contributed by atoms with Crippen LogP contribution >= 0.6 is 15.9 Å². The van der Waals surface area contributed by atoms with Gasteiger partial charge in [0.05, 0.1) is 17.8 Å². The van der Waals surface area contributed by atoms with Gasteiger partial charge in [-0.3, -0.25) is 4.79 Å². The Morgan fingerprint density at radius 1 is 0.907 bits per heavy atom. The predicted molar refractivity (Wildman–Crippen MR) is 170 cm³/mol. The third-order valence-corrected chi connectivity index (χ3v) is 7.36. The normalized spacial score (nSPS) is 11.1. The highest BCUT2D eigenvalue weighted by atomic mass is 79.9. The predicted octanol–water partition coefficient (Wildman–Crippen LogP) is 7.69. The van der Waals surface area contributed by atoms with E-state index in [2.05, 4.69) is 57.0 Å². The quantitative estimate of drug-likeness (QED) is 0.118. The van der Waals surface area contributed by atoms with Crippen LogP contribution in [0.5, 0.6) is 17.2 Å². The molecule has 9 heteroatoms. The number of amides is 1. The molecule has 0 radical (unpaired) electrons. The Bertz CT molecular complexity index is 1720. The summed E-state index contributed by atoms with van der Waals surface area (Å²) in [6.07, 6.45) is 1.52. The number of ether oxygens (including phenoxy) is 3. The highest BCUT2D eigenvalue weighted by molar-refractivity contribution is 9.10. The number of halogens is 1. The number of carbonyl (C=O) groups excluding carboxylic acids is 1. The summed E-state index contributed by atoms with van der Waals surface area (Å²) in [7, 11) is 1.57. The van der Waals surface area contributed by atoms with Gasteiger partial charge in [0.1, 0.15) is 24.7 Å². The Kier molecular flexibility index (Phi) is 9.32. The molecule has 2 heterocycles. The molecule has 0 spiro atoms. The van der Waals surface area contributed by atoms with E-state index in [4.69, 9.17) is 18.6 Å². The number of nitrogens with zero attached hydrogens (tertiary/aromatic N) is 2. The highest BCUT2D eigenvalue weighted by Gasteiger charge is 2.13. The zero-order chi connectivity index (χ0) is 30.3. The summed E-state index contributed by atoms with van der Waals surface area (Å²) in [6, 6.07) is 27.1. The van der Waals surface area contributed by atoms with Crippen LogP contribution in [0.3, 0.4) is 0 Å². The summed E-state index contributed by atoms with van der Waals surface area (Å²) in [5.74, 6) is 1.99. The minimum absolute atomic E-state index is 0.128. The van der Waals surface area contributed by atoms with Crippen LogP contribution in [0.15, 0.2) is 98.9 Å². The zero-order valence-electron chi connectivity index (χ0n) is 24.4. The first-order valence-electron chi connectivity index (χ1n) is 13.7. The summed E-state index contributed by atoms with van der Waals surface area (Å²) in [4.78, 5) is 12.6. The number of aryl methyl sites for hydroxylation is 3. The van der Waals surface area contributed by atoms with Crippen LogP contribution in [0.25, 0.3) is 5.69 Å². The van der Waals surface area contributed by atoms with Crippen molar-refractivity contribution in [1.29, 1.82) is 0 Å². The van der Waals surface area contributed by atoms with Crippen molar-refractivity contribution < 1.29 is 23.4 Å². The number of aromatic nitrogens is 1. The van der Waals surface area contributed by atoms with Crippen molar-refractivity contribution >= 4 is 28.1 Å². The van der Waals surface area contributed by atoms with Crippen molar-refractivity contribution in [3.8, 4) is 22.9 Å². The van der Waals surface area contributed by atoms with Crippen molar-refractivity contribution in [2.24, 2.45) is 5.10 Å². The molecule has 3 aromatic carbocycles. The fourth-order valence-electron chi connectivity index (χ4n) is 4.51. The third kappa shape index (κ3) is 7.37. The van der Waals surface area contributed by atoms with Crippen LogP contribution in [0.4, 0.5) is 0 Å². The number of nitrogens with one attached hydrogen (secondary N) is 1. The molecule has 43 heavy (non-hydrogen) atoms. The lowest BCUT2D eigenvalue weighted by Crippen LogP contribution is -2.16. The minimum Gasteiger partial charge on any atom is -0.493 e. The summed E-state index contributed by atoms with van der Waals surface area (Å²) in [6.45, 7) is 6.77. The molecule has 0 bridgehead atoms. The average molecular weight is 643 g/mol. The van der Waals surface area contributed by atoms with Crippen molar-refractivity contribution in [2.75, 3.05) is 7.11 Å². The number of methoxy groups -OCH3 is 1. The van der Waals surface area contributed by atoms with E-state index in [0.717, 1.165) is 11.3 Å². The first kappa shape index (κ1) is 29.7. The van der Waals surface area contributed by atoms with Gasteiger partial charge in [-0.15, -0.1) is 0 Å². The standard InChI is InChI=1S/C34H32BrN3O5/c1-22-5-9-25(10-6-22)20-42-33-30(35)17-26(18-32(33)40-4)19-36-37-34(39)31-16-15-29(43-31)21-41-28-13-11-27(12-14-28)38-23(2)7-8-24(38)3/h5-19H,20-21H2,1-4H3,(H,37,39)/b36-19+. The van der Waals surface area contributed by atoms with Crippen LogP contribution in [-0.4, -0.2) is 23.8 Å². The molecule has 0 unspecified atom stereocenters. The Balaban J connectivity index is 1.14. The van der Waals surface area contributed by atoms with Gasteiger partial charge in [-0.25, -0.2) is 5.43 Å². The maximum Gasteiger partial charge on any atom is 0.307 e. The van der Waals surface area contributed by atoms with Gasteiger partial charge in [0, 0.05) is 17.1 Å². The van der Waals surface area contributed by atoms with Crippen LogP contribution in [0.2, 0.25) is 0 Å². The van der Waals surface area contributed by atoms with Gasteiger partial charge in [-0.1, -0.05) is 29.8 Å². The molecule has 0 fully saturated rings. The fraction of sp³-hybridized carbons (Fsp3) is 0.176. The Hall–Kier alpha value is -4.76. The summed E-state index contributed by atoms with van der Waals surface area (Å²) < 4.78 is 25.9. The first-order valence-corrected chi connectivity index (χ1v) is 14.5. The molecule has 0 aliphatic rings. The van der Waals surface area contributed by atoms with Crippen LogP contribution < -0.4 is 19.6 Å². The molecular weight excluding hydrogens is 610 g/mol. The van der Waals surface area contributed by atoms with Crippen molar-refractivity contribution in [3.05, 3.63) is 129 Å². The van der Waals surface area contributed by atoms with E-state index in [1.165, 1.54) is 23.2 Å². The second-order valence-corrected chi connectivity index (χ2v) is 10.9. The number of hydrogen-bond acceptors (Lipinski definition) is 6. The monoisotopic (exact) mass is 641 g/mol. The van der Waals surface area contributed by atoms with E-state index in [9.17, 15) is 4.79 Å². The van der Waals surface area contributed by atoms with E-state index >= 15 is 0 Å². The molecule has 1 amide bonds. The molecule has 0 saturated heterocycles. The highest BCUT2D eigenvalue weighted by Crippen LogP contribution is 2.37. The van der Waals surface area contributed by atoms with E-state index in [1.54, 1.807) is 25.3 Å². The van der Waals surface area contributed by atoms with Gasteiger partial charge in [0.15, 0.2) is 17.3 Å². The maximum atomic E-state index is 12.6.